The quantitative estimate of drug-likeness (QED) is 0.0106. The number of nitrogens with one attached hydrogen (secondary N) is 13. The van der Waals surface area contributed by atoms with Crippen LogP contribution in [-0.2, 0) is 67.2 Å². The molecule has 0 bridgehead atoms. The molecule has 1 aliphatic heterocycles. The van der Waals surface area contributed by atoms with Gasteiger partial charge in [-0.25, -0.2) is 10.2 Å². The van der Waals surface area contributed by atoms with E-state index in [-0.39, 0.29) is 75.7 Å². The van der Waals surface area contributed by atoms with Crippen molar-refractivity contribution in [1.82, 2.24) is 68.6 Å². The zero-order valence-corrected chi connectivity index (χ0v) is 49.6. The number of nitrogens with zero attached hydrogens (tertiary/aromatic N) is 1. The number of phenolic OH excluding ortho intramolecular Hbond substituents is 1. The van der Waals surface area contributed by atoms with Crippen LogP contribution in [0.4, 0.5) is 4.79 Å². The largest absolute Gasteiger partial charge is 0.508 e. The average molecular weight is 1220 g/mol. The Labute approximate surface area is 507 Å². The molecule has 5 rings (SSSR count). The molecule has 2 heterocycles. The van der Waals surface area contributed by atoms with E-state index in [9.17, 15) is 63.0 Å². The van der Waals surface area contributed by atoms with Crippen LogP contribution in [0.5, 0.6) is 5.75 Å². The summed E-state index contributed by atoms with van der Waals surface area (Å²) in [7, 11) is 1.54. The summed E-state index contributed by atoms with van der Waals surface area (Å²) in [5.41, 5.74) is 24.5. The van der Waals surface area contributed by atoms with Crippen LogP contribution in [0.3, 0.4) is 0 Å². The molecule has 30 nitrogen and oxygen atoms in total. The van der Waals surface area contributed by atoms with Crippen molar-refractivity contribution in [3.8, 4) is 5.75 Å². The van der Waals surface area contributed by atoms with Crippen LogP contribution in [0, 0.1) is 11.3 Å². The highest BCUT2D eigenvalue weighted by molar-refractivity contribution is 5.99. The fourth-order valence-corrected chi connectivity index (χ4v) is 9.80. The molecule has 0 aliphatic carbocycles. The van der Waals surface area contributed by atoms with Crippen LogP contribution in [0.1, 0.15) is 76.5 Å². The molecule has 12 amide bonds. The van der Waals surface area contributed by atoms with Gasteiger partial charge in [0.2, 0.25) is 53.2 Å². The highest BCUT2D eigenvalue weighted by Crippen LogP contribution is 2.22. The summed E-state index contributed by atoms with van der Waals surface area (Å²) < 4.78 is 0. The van der Waals surface area contributed by atoms with Crippen LogP contribution in [-0.4, -0.2) is 172 Å². The van der Waals surface area contributed by atoms with Gasteiger partial charge in [-0.1, -0.05) is 74.5 Å². The number of likely N-dealkylation sites (tertiary alicyclic amines) is 1. The summed E-state index contributed by atoms with van der Waals surface area (Å²) in [5, 5.41) is 52.4. The minimum atomic E-state index is -1.88. The van der Waals surface area contributed by atoms with E-state index in [0.29, 0.717) is 16.7 Å². The number of nitrogens with two attached hydrogens (primary N) is 3. The average Bonchev–Trinajstić information content (AvgIpc) is 2.76. The molecule has 3 aromatic carbocycles. The van der Waals surface area contributed by atoms with Gasteiger partial charge in [-0.3, -0.25) is 58.8 Å². The number of rotatable bonds is 30. The summed E-state index contributed by atoms with van der Waals surface area (Å²) in [6, 6.07) is 8.06. The number of urea groups is 1. The van der Waals surface area contributed by atoms with Crippen LogP contribution in [0.2, 0.25) is 0 Å². The number of amides is 12. The molecule has 21 N–H and O–H groups in total. The number of para-hydroxylation sites is 1. The number of carbonyl (C=O) groups is 11. The Morgan fingerprint density at radius 1 is 0.682 bits per heavy atom. The summed E-state index contributed by atoms with van der Waals surface area (Å²) in [6.45, 7) is 5.93. The molecule has 0 spiro atoms. The molecule has 4 aromatic rings. The third-order valence-electron chi connectivity index (χ3n) is 14.2. The Kier molecular flexibility index (Phi) is 26.0. The van der Waals surface area contributed by atoms with E-state index in [1.807, 2.05) is 24.3 Å². The smallest absolute Gasteiger partial charge is 0.334 e. The van der Waals surface area contributed by atoms with Gasteiger partial charge in [0, 0.05) is 69.5 Å². The molecule has 476 valence electrons. The number of phenols is 1. The molecule has 0 radical (unpaired) electrons. The fraction of sp³-hybridized carbons (Fsp3) is 0.448. The molecule has 1 saturated heterocycles. The van der Waals surface area contributed by atoms with E-state index >= 15 is 0 Å². The van der Waals surface area contributed by atoms with Crippen molar-refractivity contribution in [2.75, 3.05) is 20.1 Å². The van der Waals surface area contributed by atoms with E-state index in [4.69, 9.17) is 22.6 Å². The van der Waals surface area contributed by atoms with Gasteiger partial charge in [-0.05, 0) is 73.4 Å². The van der Waals surface area contributed by atoms with E-state index in [2.05, 4.69) is 63.7 Å². The zero-order chi connectivity index (χ0) is 64.8. The van der Waals surface area contributed by atoms with Gasteiger partial charge in [0.05, 0.1) is 12.5 Å². The number of carbonyl (C=O) groups excluding carboxylic acids is 11. The van der Waals surface area contributed by atoms with E-state index in [1.165, 1.54) is 19.1 Å². The molecule has 0 saturated carbocycles. The first-order valence-electron chi connectivity index (χ1n) is 28.6. The van der Waals surface area contributed by atoms with Crippen molar-refractivity contribution in [1.29, 1.82) is 5.41 Å². The lowest BCUT2D eigenvalue weighted by Crippen LogP contribution is -2.62. The number of aromatic hydroxyl groups is 1. The predicted molar refractivity (Wildman–Crippen MR) is 321 cm³/mol. The second kappa shape index (κ2) is 33.2. The first kappa shape index (κ1) is 68.9. The third kappa shape index (κ3) is 21.3. The molecular formula is C58H81N17O13. The Balaban J connectivity index is 1.27. The van der Waals surface area contributed by atoms with Crippen LogP contribution < -0.4 is 75.9 Å². The summed E-state index contributed by atoms with van der Waals surface area (Å²) in [5.74, 6) is -9.31. The van der Waals surface area contributed by atoms with E-state index in [1.54, 1.807) is 69.6 Å². The number of primary amides is 2. The summed E-state index contributed by atoms with van der Waals surface area (Å²) in [4.78, 5) is 154. The first-order valence-corrected chi connectivity index (χ1v) is 28.6. The molecule has 1 unspecified atom stereocenters. The predicted octanol–water partition coefficient (Wildman–Crippen LogP) is -3.23. The summed E-state index contributed by atoms with van der Waals surface area (Å²) >= 11 is 0. The minimum Gasteiger partial charge on any atom is -0.508 e. The third-order valence-corrected chi connectivity index (χ3v) is 14.2. The normalized spacial score (nSPS) is 16.3. The molecule has 1 fully saturated rings. The Hall–Kier alpha value is -9.84. The second-order valence-electron chi connectivity index (χ2n) is 21.9. The highest BCUT2D eigenvalue weighted by Gasteiger charge is 2.43. The number of hydrazine groups is 1. The lowest BCUT2D eigenvalue weighted by molar-refractivity contribution is -0.142. The van der Waals surface area contributed by atoms with Gasteiger partial charge in [0.15, 0.2) is 5.96 Å². The lowest BCUT2D eigenvalue weighted by Gasteiger charge is -2.30. The van der Waals surface area contributed by atoms with Crippen molar-refractivity contribution in [3.63, 3.8) is 0 Å². The van der Waals surface area contributed by atoms with Crippen LogP contribution in [0.15, 0.2) is 85.1 Å². The van der Waals surface area contributed by atoms with Gasteiger partial charge in [0.1, 0.15) is 54.1 Å². The number of H-pyrrole nitrogens is 1. The number of aliphatic hydroxyl groups is 1. The zero-order valence-electron chi connectivity index (χ0n) is 49.6. The van der Waals surface area contributed by atoms with Crippen LogP contribution in [0.25, 0.3) is 10.9 Å². The molecule has 1 aromatic heterocycles. The summed E-state index contributed by atoms with van der Waals surface area (Å²) in [6.07, 6.45) is -0.928. The van der Waals surface area contributed by atoms with E-state index in [0.717, 1.165) is 22.7 Å². The standard InChI is InChI=1S/C58H81N17O13/c1-30(2)22-42(51(82)67-40(16-11-21-64-57(62)63-5)50(81)68-41(49(61)80)25-35-28-65-39-15-10-9-14-38(35)39)71-58(88)74-73-53(84)43(23-33-12-7-6-8-13-33)70-55(86)48(31(3)76)72-52(83)44(27-47(60)79)69-54(85)46-26-36(59)29-75(46)56(87)45(66-32(4)77)24-34-17-19-37(78)20-18-34/h6-10,12-15,17-20,28,30-31,36,40-46,48,65,76,78H,11,16,21-27,29,59H2,1-5H3,(H2,60,79)(H2,61,80)(H,66,77)(H,67,82)(H,68,81)(H,69,85)(H,70,86)(H,72,83)(H,73,84)(H3,62,63,64)(H2,71,74,88)/t31-,36+,40+,41+,42+,43+,44+,45-,46+,48?/m1/s1. The Morgan fingerprint density at radius 3 is 1.93 bits per heavy atom. The second-order valence-corrected chi connectivity index (χ2v) is 21.9. The highest BCUT2D eigenvalue weighted by atomic mass is 16.3. The number of guanidine groups is 1. The molecular weight excluding hydrogens is 1140 g/mol. The SMILES string of the molecule is CNC(=N)NCCC[C@H](NC(=O)[C@H](CC(C)C)NC(=O)NNC(=O)[C@H](Cc1ccccc1)NC(=O)C(NC(=O)[C@H](CC(N)=O)NC(=O)[C@@H]1C[C@H](N)CN1C(=O)[C@@H](Cc1ccc(O)cc1)NC(C)=O)[C@@H](C)O)C(=O)N[C@@H](Cc1c[nH]c2ccccc12)C(N)=O. The molecule has 10 atom stereocenters. The maximum atomic E-state index is 14.1. The number of hydrogen-bond donors (Lipinski definition) is 18. The molecule has 1 aliphatic rings. The maximum Gasteiger partial charge on any atom is 0.334 e. The number of aromatic nitrogens is 1. The van der Waals surface area contributed by atoms with Crippen molar-refractivity contribution in [3.05, 3.63) is 102 Å². The number of hydrogen-bond acceptors (Lipinski definition) is 15. The number of aromatic amines is 1. The van der Waals surface area contributed by atoms with Crippen molar-refractivity contribution in [2.45, 2.75) is 140 Å². The lowest BCUT2D eigenvalue weighted by atomic mass is 10.0. The van der Waals surface area contributed by atoms with Crippen molar-refractivity contribution >= 4 is 82.0 Å². The minimum absolute atomic E-state index is 0.00204. The van der Waals surface area contributed by atoms with Gasteiger partial charge in [0.25, 0.3) is 5.91 Å². The monoisotopic (exact) mass is 1220 g/mol. The van der Waals surface area contributed by atoms with Gasteiger partial charge < -0.3 is 85.1 Å². The number of aliphatic hydroxyl groups excluding tert-OH is 1. The Bertz CT molecular complexity index is 3120. The topological polar surface area (TPSA) is 481 Å². The number of benzene rings is 3. The van der Waals surface area contributed by atoms with Crippen molar-refractivity contribution in [2.24, 2.45) is 23.1 Å². The Morgan fingerprint density at radius 2 is 1.30 bits per heavy atom. The van der Waals surface area contributed by atoms with Gasteiger partial charge >= 0.3 is 6.03 Å². The number of fused-ring (bicyclic) bond motifs is 1. The fourth-order valence-electron chi connectivity index (χ4n) is 9.80. The molecule has 30 heteroatoms. The van der Waals surface area contributed by atoms with Gasteiger partial charge in [-0.2, -0.15) is 0 Å². The maximum absolute atomic E-state index is 14.1. The van der Waals surface area contributed by atoms with Gasteiger partial charge in [-0.15, -0.1) is 0 Å². The van der Waals surface area contributed by atoms with Crippen molar-refractivity contribution < 1.29 is 63.0 Å². The first-order chi connectivity index (χ1) is 41.7. The van der Waals surface area contributed by atoms with Crippen LogP contribution >= 0.6 is 0 Å². The van der Waals surface area contributed by atoms with E-state index < -0.39 is 132 Å². The molecule has 88 heavy (non-hydrogen) atoms.